The Labute approximate surface area is 124 Å². The lowest BCUT2D eigenvalue weighted by atomic mass is 9.85. The van der Waals surface area contributed by atoms with Gasteiger partial charge in [0, 0.05) is 18.0 Å². The third-order valence-corrected chi connectivity index (χ3v) is 3.91. The van der Waals surface area contributed by atoms with Crippen LogP contribution in [-0.4, -0.2) is 31.9 Å². The normalized spacial score (nSPS) is 18.0. The first kappa shape index (κ1) is 15.5. The second-order valence-electron chi connectivity index (χ2n) is 5.71. The number of carbonyl (C=O) groups excluding carboxylic acids is 2. The Morgan fingerprint density at radius 2 is 2.10 bits per heavy atom. The summed E-state index contributed by atoms with van der Waals surface area (Å²) in [6.45, 7) is 5.36. The van der Waals surface area contributed by atoms with Crippen molar-refractivity contribution in [2.45, 2.75) is 26.2 Å². The maximum atomic E-state index is 12.6. The number of methoxy groups -OCH3 is 1. The first-order valence-electron chi connectivity index (χ1n) is 7.22. The van der Waals surface area contributed by atoms with E-state index in [1.807, 2.05) is 19.9 Å². The fraction of sp³-hybridized carbons (Fsp3) is 0.500. The van der Waals surface area contributed by atoms with Crippen molar-refractivity contribution in [3.8, 4) is 5.75 Å². The summed E-state index contributed by atoms with van der Waals surface area (Å²) >= 11 is 0. The van der Waals surface area contributed by atoms with Crippen LogP contribution in [0.15, 0.2) is 12.1 Å². The predicted octanol–water partition coefficient (Wildman–Crippen LogP) is 1.71. The molecular formula is C16H22N2O3. The van der Waals surface area contributed by atoms with Crippen LogP contribution in [-0.2, 0) is 0 Å². The quantitative estimate of drug-likeness (QED) is 0.809. The average molecular weight is 290 g/mol. The van der Waals surface area contributed by atoms with Crippen LogP contribution in [0.25, 0.3) is 0 Å². The monoisotopic (exact) mass is 290 g/mol. The van der Waals surface area contributed by atoms with Gasteiger partial charge in [-0.05, 0) is 36.6 Å². The zero-order valence-electron chi connectivity index (χ0n) is 12.7. The van der Waals surface area contributed by atoms with Gasteiger partial charge in [0.1, 0.15) is 5.75 Å². The Kier molecular flexibility index (Phi) is 4.63. The summed E-state index contributed by atoms with van der Waals surface area (Å²) in [6.07, 6.45) is 0.934. The molecule has 0 aliphatic carbocycles. The van der Waals surface area contributed by atoms with Crippen molar-refractivity contribution in [2.75, 3.05) is 20.2 Å². The number of hydrogen-bond acceptors (Lipinski definition) is 4. The largest absolute Gasteiger partial charge is 0.497 e. The van der Waals surface area contributed by atoms with E-state index < -0.39 is 5.91 Å². The minimum atomic E-state index is -0.592. The highest BCUT2D eigenvalue weighted by atomic mass is 16.5. The molecule has 1 saturated heterocycles. The van der Waals surface area contributed by atoms with E-state index in [1.165, 1.54) is 0 Å². The standard InChI is InChI=1S/C16H22N2O3/c1-9(2)15(19)14-12(10-4-5-18-8-10)6-11(21-3)7-13(14)16(17)20/h6-7,9-10,18H,4-5,8H2,1-3H3,(H2,17,20). The summed E-state index contributed by atoms with van der Waals surface area (Å²) in [4.78, 5) is 24.4. The van der Waals surface area contributed by atoms with Crippen molar-refractivity contribution in [3.05, 3.63) is 28.8 Å². The van der Waals surface area contributed by atoms with Gasteiger partial charge >= 0.3 is 0 Å². The SMILES string of the molecule is COc1cc(C(N)=O)c(C(=O)C(C)C)c(C2CCNC2)c1. The number of hydrogen-bond donors (Lipinski definition) is 2. The van der Waals surface area contributed by atoms with Gasteiger partial charge in [0.25, 0.3) is 0 Å². The highest BCUT2D eigenvalue weighted by Gasteiger charge is 2.28. The number of rotatable bonds is 5. The maximum absolute atomic E-state index is 12.6. The van der Waals surface area contributed by atoms with Crippen LogP contribution < -0.4 is 15.8 Å². The Bertz CT molecular complexity index is 561. The van der Waals surface area contributed by atoms with Crippen LogP contribution in [0, 0.1) is 5.92 Å². The zero-order chi connectivity index (χ0) is 15.6. The summed E-state index contributed by atoms with van der Waals surface area (Å²) < 4.78 is 5.26. The number of Topliss-reactive ketones (excluding diaryl/α,β-unsaturated/α-hetero) is 1. The van der Waals surface area contributed by atoms with Crippen molar-refractivity contribution in [1.82, 2.24) is 5.32 Å². The molecule has 5 heteroatoms. The Balaban J connectivity index is 2.66. The molecule has 1 aliphatic rings. The van der Waals surface area contributed by atoms with E-state index in [-0.39, 0.29) is 23.2 Å². The molecule has 1 atom stereocenters. The zero-order valence-corrected chi connectivity index (χ0v) is 12.7. The summed E-state index contributed by atoms with van der Waals surface area (Å²) in [5.74, 6) is -0.0648. The molecule has 1 amide bonds. The van der Waals surface area contributed by atoms with E-state index >= 15 is 0 Å². The smallest absolute Gasteiger partial charge is 0.249 e. The van der Waals surface area contributed by atoms with E-state index in [0.717, 1.165) is 25.1 Å². The van der Waals surface area contributed by atoms with E-state index in [1.54, 1.807) is 13.2 Å². The summed E-state index contributed by atoms with van der Waals surface area (Å²) in [5, 5.41) is 3.28. The van der Waals surface area contributed by atoms with E-state index in [9.17, 15) is 9.59 Å². The van der Waals surface area contributed by atoms with Crippen LogP contribution >= 0.6 is 0 Å². The number of ketones is 1. The van der Waals surface area contributed by atoms with Crippen LogP contribution in [0.4, 0.5) is 0 Å². The van der Waals surface area contributed by atoms with Crippen molar-refractivity contribution >= 4 is 11.7 Å². The van der Waals surface area contributed by atoms with Crippen molar-refractivity contribution in [3.63, 3.8) is 0 Å². The van der Waals surface area contributed by atoms with Gasteiger partial charge in [0.05, 0.1) is 12.7 Å². The Hall–Kier alpha value is -1.88. The maximum Gasteiger partial charge on any atom is 0.249 e. The molecule has 1 aromatic carbocycles. The molecule has 1 fully saturated rings. The average Bonchev–Trinajstić information content (AvgIpc) is 2.98. The predicted molar refractivity (Wildman–Crippen MR) is 80.9 cm³/mol. The van der Waals surface area contributed by atoms with Crippen molar-refractivity contribution in [2.24, 2.45) is 11.7 Å². The number of ether oxygens (including phenoxy) is 1. The molecule has 21 heavy (non-hydrogen) atoms. The highest BCUT2D eigenvalue weighted by Crippen LogP contribution is 2.33. The number of carbonyl (C=O) groups is 2. The van der Waals surface area contributed by atoms with Gasteiger partial charge in [-0.1, -0.05) is 13.8 Å². The number of primary amides is 1. The summed E-state index contributed by atoms with van der Waals surface area (Å²) in [7, 11) is 1.54. The van der Waals surface area contributed by atoms with Crippen LogP contribution in [0.1, 0.15) is 52.5 Å². The fourth-order valence-electron chi connectivity index (χ4n) is 2.75. The van der Waals surface area contributed by atoms with Crippen molar-refractivity contribution in [1.29, 1.82) is 0 Å². The number of benzene rings is 1. The third kappa shape index (κ3) is 3.08. The van der Waals surface area contributed by atoms with Crippen LogP contribution in [0.2, 0.25) is 0 Å². The first-order valence-corrected chi connectivity index (χ1v) is 7.22. The fourth-order valence-corrected chi connectivity index (χ4v) is 2.75. The summed E-state index contributed by atoms with van der Waals surface area (Å²) in [5.41, 5.74) is 7.07. The molecule has 1 unspecified atom stereocenters. The lowest BCUT2D eigenvalue weighted by Crippen LogP contribution is -2.22. The second-order valence-corrected chi connectivity index (χ2v) is 5.71. The molecule has 1 aliphatic heterocycles. The van der Waals surface area contributed by atoms with Crippen molar-refractivity contribution < 1.29 is 14.3 Å². The topological polar surface area (TPSA) is 81.4 Å². The first-order chi connectivity index (χ1) is 9.95. The Morgan fingerprint density at radius 1 is 1.38 bits per heavy atom. The molecule has 0 spiro atoms. The van der Waals surface area contributed by atoms with Crippen LogP contribution in [0.3, 0.4) is 0 Å². The number of nitrogens with two attached hydrogens (primary N) is 1. The second kappa shape index (κ2) is 6.26. The minimum Gasteiger partial charge on any atom is -0.497 e. The number of nitrogens with one attached hydrogen (secondary N) is 1. The molecule has 1 aromatic rings. The summed E-state index contributed by atoms with van der Waals surface area (Å²) in [6, 6.07) is 3.42. The highest BCUT2D eigenvalue weighted by molar-refractivity contribution is 6.09. The third-order valence-electron chi connectivity index (χ3n) is 3.91. The number of amides is 1. The molecule has 2 rings (SSSR count). The lowest BCUT2D eigenvalue weighted by Gasteiger charge is -2.19. The van der Waals surface area contributed by atoms with Crippen LogP contribution in [0.5, 0.6) is 5.75 Å². The molecule has 1 heterocycles. The molecular weight excluding hydrogens is 268 g/mol. The molecule has 3 N–H and O–H groups in total. The van der Waals surface area contributed by atoms with Gasteiger partial charge in [-0.3, -0.25) is 9.59 Å². The van der Waals surface area contributed by atoms with Gasteiger partial charge < -0.3 is 15.8 Å². The molecule has 0 saturated carbocycles. The van der Waals surface area contributed by atoms with Gasteiger partial charge in [0.2, 0.25) is 5.91 Å². The molecule has 0 bridgehead atoms. The Morgan fingerprint density at radius 3 is 2.57 bits per heavy atom. The molecule has 114 valence electrons. The molecule has 0 radical (unpaired) electrons. The minimum absolute atomic E-state index is 0.0478. The van der Waals surface area contributed by atoms with E-state index in [0.29, 0.717) is 11.3 Å². The van der Waals surface area contributed by atoms with Gasteiger partial charge in [-0.15, -0.1) is 0 Å². The molecule has 0 aromatic heterocycles. The molecule has 5 nitrogen and oxygen atoms in total. The van der Waals surface area contributed by atoms with E-state index in [4.69, 9.17) is 10.5 Å². The lowest BCUT2D eigenvalue weighted by molar-refractivity contribution is 0.0923. The van der Waals surface area contributed by atoms with Gasteiger partial charge in [0.15, 0.2) is 5.78 Å². The van der Waals surface area contributed by atoms with Gasteiger partial charge in [-0.25, -0.2) is 0 Å². The van der Waals surface area contributed by atoms with Gasteiger partial charge in [-0.2, -0.15) is 0 Å². The van der Waals surface area contributed by atoms with E-state index in [2.05, 4.69) is 5.32 Å².